The van der Waals surface area contributed by atoms with E-state index in [0.717, 1.165) is 42.7 Å². The van der Waals surface area contributed by atoms with Crippen LogP contribution in [-0.2, 0) is 0 Å². The SMILES string of the molecule is CNCC1CCCN(C(=O)c2cc(C)ccc2C)C1.Cl. The molecule has 20 heavy (non-hydrogen) atoms. The van der Waals surface area contributed by atoms with Gasteiger partial charge in [0.25, 0.3) is 5.91 Å². The number of likely N-dealkylation sites (tertiary alicyclic amines) is 1. The van der Waals surface area contributed by atoms with E-state index in [0.29, 0.717) is 5.92 Å². The number of amides is 1. The first kappa shape index (κ1) is 17.0. The lowest BCUT2D eigenvalue weighted by Crippen LogP contribution is -2.42. The molecule has 1 atom stereocenters. The van der Waals surface area contributed by atoms with Gasteiger partial charge in [0.2, 0.25) is 0 Å². The topological polar surface area (TPSA) is 32.3 Å². The van der Waals surface area contributed by atoms with Crippen molar-refractivity contribution in [1.29, 1.82) is 0 Å². The second-order valence-corrected chi connectivity index (χ2v) is 5.64. The van der Waals surface area contributed by atoms with Gasteiger partial charge in [0.05, 0.1) is 0 Å². The zero-order valence-electron chi connectivity index (χ0n) is 12.6. The fourth-order valence-corrected chi connectivity index (χ4v) is 2.84. The van der Waals surface area contributed by atoms with Gasteiger partial charge in [0.1, 0.15) is 0 Å². The summed E-state index contributed by atoms with van der Waals surface area (Å²) < 4.78 is 0. The third-order valence-electron chi connectivity index (χ3n) is 3.92. The summed E-state index contributed by atoms with van der Waals surface area (Å²) in [6.07, 6.45) is 2.33. The van der Waals surface area contributed by atoms with E-state index in [-0.39, 0.29) is 18.3 Å². The van der Waals surface area contributed by atoms with Gasteiger partial charge in [0.15, 0.2) is 0 Å². The number of rotatable bonds is 3. The van der Waals surface area contributed by atoms with E-state index in [9.17, 15) is 4.79 Å². The summed E-state index contributed by atoms with van der Waals surface area (Å²) in [6, 6.07) is 6.11. The summed E-state index contributed by atoms with van der Waals surface area (Å²) in [5, 5.41) is 3.22. The highest BCUT2D eigenvalue weighted by atomic mass is 35.5. The smallest absolute Gasteiger partial charge is 0.254 e. The Hall–Kier alpha value is -1.06. The van der Waals surface area contributed by atoms with Gasteiger partial charge in [-0.25, -0.2) is 0 Å². The lowest BCUT2D eigenvalue weighted by molar-refractivity contribution is 0.0673. The van der Waals surface area contributed by atoms with Crippen molar-refractivity contribution in [3.05, 3.63) is 34.9 Å². The van der Waals surface area contributed by atoms with Crippen LogP contribution in [0.4, 0.5) is 0 Å². The molecule has 1 heterocycles. The Bertz CT molecular complexity index is 460. The molecule has 0 aromatic heterocycles. The van der Waals surface area contributed by atoms with E-state index in [1.807, 2.05) is 37.9 Å². The van der Waals surface area contributed by atoms with Crippen molar-refractivity contribution >= 4 is 18.3 Å². The molecule has 0 bridgehead atoms. The zero-order valence-corrected chi connectivity index (χ0v) is 13.4. The number of halogens is 1. The molecule has 1 aliphatic heterocycles. The van der Waals surface area contributed by atoms with Crippen LogP contribution in [0.15, 0.2) is 18.2 Å². The Balaban J connectivity index is 0.00000200. The number of benzene rings is 1. The van der Waals surface area contributed by atoms with Gasteiger partial charge < -0.3 is 10.2 Å². The molecule has 1 N–H and O–H groups in total. The average molecular weight is 297 g/mol. The van der Waals surface area contributed by atoms with Crippen molar-refractivity contribution in [2.45, 2.75) is 26.7 Å². The number of nitrogens with zero attached hydrogens (tertiary/aromatic N) is 1. The summed E-state index contributed by atoms with van der Waals surface area (Å²) >= 11 is 0. The number of carbonyl (C=O) groups excluding carboxylic acids is 1. The fourth-order valence-electron chi connectivity index (χ4n) is 2.84. The molecule has 0 aliphatic carbocycles. The molecule has 1 fully saturated rings. The average Bonchev–Trinajstić information content (AvgIpc) is 2.41. The van der Waals surface area contributed by atoms with E-state index in [1.165, 1.54) is 6.42 Å². The van der Waals surface area contributed by atoms with E-state index in [4.69, 9.17) is 0 Å². The van der Waals surface area contributed by atoms with Crippen molar-refractivity contribution in [2.75, 3.05) is 26.7 Å². The van der Waals surface area contributed by atoms with Crippen LogP contribution in [0.5, 0.6) is 0 Å². The summed E-state index contributed by atoms with van der Waals surface area (Å²) in [5.74, 6) is 0.787. The molecule has 1 saturated heterocycles. The molecule has 1 aliphatic rings. The molecular weight excluding hydrogens is 272 g/mol. The minimum absolute atomic E-state index is 0. The van der Waals surface area contributed by atoms with E-state index < -0.39 is 0 Å². The second-order valence-electron chi connectivity index (χ2n) is 5.64. The van der Waals surface area contributed by atoms with Gasteiger partial charge in [-0.15, -0.1) is 12.4 Å². The zero-order chi connectivity index (χ0) is 13.8. The van der Waals surface area contributed by atoms with Crippen LogP contribution in [0.1, 0.15) is 34.3 Å². The Kier molecular flexibility index (Phi) is 6.50. The highest BCUT2D eigenvalue weighted by Gasteiger charge is 2.24. The standard InChI is InChI=1S/C16H24N2O.ClH/c1-12-6-7-13(2)15(9-12)16(19)18-8-4-5-14(11-18)10-17-3;/h6-7,9,14,17H,4-5,8,10-11H2,1-3H3;1H. The first-order valence-corrected chi connectivity index (χ1v) is 7.13. The number of piperidine rings is 1. The predicted octanol–water partition coefficient (Wildman–Crippen LogP) is 2.80. The van der Waals surface area contributed by atoms with Gasteiger partial charge in [0, 0.05) is 18.7 Å². The number of nitrogens with one attached hydrogen (secondary N) is 1. The molecule has 112 valence electrons. The molecule has 4 heteroatoms. The van der Waals surface area contributed by atoms with Gasteiger partial charge in [-0.05, 0) is 57.8 Å². The maximum absolute atomic E-state index is 12.6. The van der Waals surface area contributed by atoms with Crippen molar-refractivity contribution < 1.29 is 4.79 Å². The minimum atomic E-state index is 0. The maximum Gasteiger partial charge on any atom is 0.254 e. The van der Waals surface area contributed by atoms with Crippen molar-refractivity contribution in [1.82, 2.24) is 10.2 Å². The van der Waals surface area contributed by atoms with Crippen LogP contribution in [0, 0.1) is 19.8 Å². The van der Waals surface area contributed by atoms with Crippen LogP contribution >= 0.6 is 12.4 Å². The van der Waals surface area contributed by atoms with Gasteiger partial charge in [-0.1, -0.05) is 17.7 Å². The van der Waals surface area contributed by atoms with Crippen LogP contribution in [0.25, 0.3) is 0 Å². The Labute approximate surface area is 128 Å². The summed E-state index contributed by atoms with van der Waals surface area (Å²) in [5.41, 5.74) is 3.09. The highest BCUT2D eigenvalue weighted by molar-refractivity contribution is 5.95. The second kappa shape index (κ2) is 7.65. The van der Waals surface area contributed by atoms with Crippen LogP contribution in [0.3, 0.4) is 0 Å². The molecule has 2 rings (SSSR count). The van der Waals surface area contributed by atoms with Crippen molar-refractivity contribution in [3.8, 4) is 0 Å². The lowest BCUT2D eigenvalue weighted by Gasteiger charge is -2.33. The van der Waals surface area contributed by atoms with Gasteiger partial charge in [-0.3, -0.25) is 4.79 Å². The number of aryl methyl sites for hydroxylation is 2. The number of hydrogen-bond acceptors (Lipinski definition) is 2. The lowest BCUT2D eigenvalue weighted by atomic mass is 9.96. The first-order valence-electron chi connectivity index (χ1n) is 7.13. The molecule has 0 saturated carbocycles. The van der Waals surface area contributed by atoms with Crippen molar-refractivity contribution in [2.24, 2.45) is 5.92 Å². The molecule has 0 spiro atoms. The molecule has 1 aromatic rings. The van der Waals surface area contributed by atoms with Crippen LogP contribution in [-0.4, -0.2) is 37.5 Å². The highest BCUT2D eigenvalue weighted by Crippen LogP contribution is 2.20. The maximum atomic E-state index is 12.6. The number of hydrogen-bond donors (Lipinski definition) is 1. The quantitative estimate of drug-likeness (QED) is 0.930. The molecule has 1 unspecified atom stereocenters. The van der Waals surface area contributed by atoms with Gasteiger partial charge in [-0.2, -0.15) is 0 Å². The first-order chi connectivity index (χ1) is 9.11. The largest absolute Gasteiger partial charge is 0.338 e. The normalized spacial score (nSPS) is 18.6. The van der Waals surface area contributed by atoms with Crippen molar-refractivity contribution in [3.63, 3.8) is 0 Å². The minimum Gasteiger partial charge on any atom is -0.338 e. The monoisotopic (exact) mass is 296 g/mol. The molecule has 3 nitrogen and oxygen atoms in total. The summed E-state index contributed by atoms with van der Waals surface area (Å²) in [4.78, 5) is 14.6. The Morgan fingerprint density at radius 3 is 2.85 bits per heavy atom. The Morgan fingerprint density at radius 2 is 2.15 bits per heavy atom. The number of carbonyl (C=O) groups is 1. The summed E-state index contributed by atoms with van der Waals surface area (Å²) in [6.45, 7) is 6.83. The molecular formula is C16H25ClN2O. The fraction of sp³-hybridized carbons (Fsp3) is 0.562. The molecule has 1 amide bonds. The van der Waals surface area contributed by atoms with E-state index in [2.05, 4.69) is 11.4 Å². The molecule has 0 radical (unpaired) electrons. The predicted molar refractivity (Wildman–Crippen MR) is 85.7 cm³/mol. The Morgan fingerprint density at radius 1 is 1.40 bits per heavy atom. The summed E-state index contributed by atoms with van der Waals surface area (Å²) in [7, 11) is 1.98. The third kappa shape index (κ3) is 3.97. The van der Waals surface area contributed by atoms with E-state index in [1.54, 1.807) is 0 Å². The van der Waals surface area contributed by atoms with Gasteiger partial charge >= 0.3 is 0 Å². The van der Waals surface area contributed by atoms with E-state index >= 15 is 0 Å². The van der Waals surface area contributed by atoms with Crippen LogP contribution in [0.2, 0.25) is 0 Å². The molecule has 1 aromatic carbocycles. The van der Waals surface area contributed by atoms with Crippen LogP contribution < -0.4 is 5.32 Å². The third-order valence-corrected chi connectivity index (χ3v) is 3.92.